The van der Waals surface area contributed by atoms with E-state index in [1.807, 2.05) is 42.5 Å². The fourth-order valence-corrected chi connectivity index (χ4v) is 4.13. The molecule has 3 aromatic carbocycles. The summed E-state index contributed by atoms with van der Waals surface area (Å²) in [4.78, 5) is 52.8. The quantitative estimate of drug-likeness (QED) is 0.204. The number of nitrogens with one attached hydrogen (secondary N) is 3. The van der Waals surface area contributed by atoms with Crippen molar-refractivity contribution in [3.05, 3.63) is 100 Å². The van der Waals surface area contributed by atoms with Gasteiger partial charge in [0.25, 0.3) is 5.91 Å². The minimum absolute atomic E-state index is 0.130. The molecule has 9 nitrogen and oxygen atoms in total. The summed E-state index contributed by atoms with van der Waals surface area (Å²) in [6.07, 6.45) is 2.82. The van der Waals surface area contributed by atoms with E-state index in [4.69, 9.17) is 5.73 Å². The maximum atomic E-state index is 13.2. The molecule has 1 atom stereocenters. The number of carboxylic acid groups (broad SMARTS) is 1. The minimum atomic E-state index is -1.35. The number of carbonyl (C=O) groups excluding carboxylic acids is 2. The Labute approximate surface area is 218 Å². The average molecular weight is 513 g/mol. The van der Waals surface area contributed by atoms with Crippen LogP contribution in [-0.4, -0.2) is 40.5 Å². The van der Waals surface area contributed by atoms with E-state index < -0.39 is 34.8 Å². The number of rotatable bonds is 10. The van der Waals surface area contributed by atoms with Gasteiger partial charge >= 0.3 is 5.97 Å². The Hall–Kier alpha value is -4.76. The molecule has 0 bridgehead atoms. The molecular formula is C29H28N4O5. The third-order valence-corrected chi connectivity index (χ3v) is 6.20. The second-order valence-corrected chi connectivity index (χ2v) is 8.84. The molecule has 38 heavy (non-hydrogen) atoms. The number of carbonyl (C=O) groups is 3. The second kappa shape index (κ2) is 12.0. The van der Waals surface area contributed by atoms with Gasteiger partial charge in [-0.25, -0.2) is 4.79 Å². The third-order valence-electron chi connectivity index (χ3n) is 6.20. The van der Waals surface area contributed by atoms with Crippen molar-refractivity contribution >= 4 is 34.4 Å². The SMILES string of the molecule is NCCCC[C@H](NC(=O)c1ccc(-c2ccccc2)cc1)C(=O)Nc1ccc2[nH]cc(C(=O)O)c(=O)c2c1. The Bertz CT molecular complexity index is 1510. The first-order valence-corrected chi connectivity index (χ1v) is 12.2. The van der Waals surface area contributed by atoms with Crippen LogP contribution >= 0.6 is 0 Å². The number of anilines is 1. The number of pyridine rings is 1. The third kappa shape index (κ3) is 6.13. The van der Waals surface area contributed by atoms with E-state index in [0.29, 0.717) is 42.6 Å². The first-order valence-electron chi connectivity index (χ1n) is 12.2. The molecule has 0 aliphatic heterocycles. The lowest BCUT2D eigenvalue weighted by Gasteiger charge is -2.19. The summed E-state index contributed by atoms with van der Waals surface area (Å²) >= 11 is 0. The Morgan fingerprint density at radius 2 is 1.63 bits per heavy atom. The predicted octanol–water partition coefficient (Wildman–Crippen LogP) is 3.76. The highest BCUT2D eigenvalue weighted by Crippen LogP contribution is 2.20. The second-order valence-electron chi connectivity index (χ2n) is 8.84. The number of hydrogen-bond acceptors (Lipinski definition) is 5. The molecule has 0 aliphatic carbocycles. The zero-order valence-electron chi connectivity index (χ0n) is 20.6. The van der Waals surface area contributed by atoms with Crippen LogP contribution in [0.5, 0.6) is 0 Å². The number of benzene rings is 3. The molecule has 0 radical (unpaired) electrons. The summed E-state index contributed by atoms with van der Waals surface area (Å²) in [5.74, 6) is -2.19. The molecule has 1 aromatic heterocycles. The van der Waals surface area contributed by atoms with Crippen LogP contribution in [0.25, 0.3) is 22.0 Å². The Kier molecular flexibility index (Phi) is 8.30. The summed E-state index contributed by atoms with van der Waals surface area (Å²) in [6, 6.07) is 20.7. The van der Waals surface area contributed by atoms with Crippen LogP contribution in [0.15, 0.2) is 83.8 Å². The van der Waals surface area contributed by atoms with Crippen molar-refractivity contribution in [3.8, 4) is 11.1 Å². The number of H-pyrrole nitrogens is 1. The van der Waals surface area contributed by atoms with E-state index in [1.165, 1.54) is 6.07 Å². The standard InChI is InChI=1S/C29H28N4O5/c30-15-5-4-8-25(33-27(35)20-11-9-19(10-12-20)18-6-2-1-3-7-18)28(36)32-21-13-14-24-22(16-21)26(34)23(17-31-24)29(37)38/h1-3,6-7,9-14,16-17,25H,4-5,8,15,30H2,(H,31,34)(H,32,36)(H,33,35)(H,37,38)/t25-/m0/s1. The Morgan fingerprint density at radius 1 is 0.921 bits per heavy atom. The van der Waals surface area contributed by atoms with Crippen LogP contribution in [0.3, 0.4) is 0 Å². The smallest absolute Gasteiger partial charge is 0.341 e. The number of hydrogen-bond donors (Lipinski definition) is 5. The van der Waals surface area contributed by atoms with Gasteiger partial charge in [0.05, 0.1) is 0 Å². The summed E-state index contributed by atoms with van der Waals surface area (Å²) in [7, 11) is 0. The predicted molar refractivity (Wildman–Crippen MR) is 146 cm³/mol. The molecule has 0 unspecified atom stereocenters. The van der Waals surface area contributed by atoms with E-state index in [1.54, 1.807) is 24.3 Å². The Balaban J connectivity index is 1.51. The zero-order valence-corrected chi connectivity index (χ0v) is 20.6. The zero-order chi connectivity index (χ0) is 27.1. The number of amides is 2. The van der Waals surface area contributed by atoms with E-state index in [-0.39, 0.29) is 5.39 Å². The molecule has 0 saturated carbocycles. The van der Waals surface area contributed by atoms with E-state index in [0.717, 1.165) is 17.3 Å². The number of aromatic nitrogens is 1. The maximum Gasteiger partial charge on any atom is 0.341 e. The van der Waals surface area contributed by atoms with Gasteiger partial charge in [-0.3, -0.25) is 14.4 Å². The van der Waals surface area contributed by atoms with Crippen LogP contribution in [0.4, 0.5) is 5.69 Å². The summed E-state index contributed by atoms with van der Waals surface area (Å²) in [5, 5.41) is 14.9. The van der Waals surface area contributed by atoms with Gasteiger partial charge in [0, 0.05) is 28.4 Å². The van der Waals surface area contributed by atoms with Crippen molar-refractivity contribution in [2.75, 3.05) is 11.9 Å². The van der Waals surface area contributed by atoms with Crippen LogP contribution in [-0.2, 0) is 4.79 Å². The lowest BCUT2D eigenvalue weighted by molar-refractivity contribution is -0.118. The van der Waals surface area contributed by atoms with E-state index >= 15 is 0 Å². The molecule has 4 rings (SSSR count). The summed E-state index contributed by atoms with van der Waals surface area (Å²) < 4.78 is 0. The molecule has 4 aromatic rings. The van der Waals surface area contributed by atoms with Gasteiger partial charge in [0.15, 0.2) is 0 Å². The van der Waals surface area contributed by atoms with Crippen molar-refractivity contribution in [2.24, 2.45) is 5.73 Å². The summed E-state index contributed by atoms with van der Waals surface area (Å²) in [5.41, 5.74) is 7.71. The molecule has 0 fully saturated rings. The van der Waals surface area contributed by atoms with Gasteiger partial charge in [0.1, 0.15) is 11.6 Å². The lowest BCUT2D eigenvalue weighted by Crippen LogP contribution is -2.43. The van der Waals surface area contributed by atoms with Gasteiger partial charge < -0.3 is 26.5 Å². The van der Waals surface area contributed by atoms with Gasteiger partial charge in [-0.15, -0.1) is 0 Å². The number of carboxylic acids is 1. The molecule has 0 saturated heterocycles. The number of fused-ring (bicyclic) bond motifs is 1. The molecule has 0 aliphatic rings. The topological polar surface area (TPSA) is 154 Å². The number of aromatic carboxylic acids is 1. The molecule has 194 valence electrons. The van der Waals surface area contributed by atoms with Crippen LogP contribution in [0.2, 0.25) is 0 Å². The van der Waals surface area contributed by atoms with Crippen molar-refractivity contribution in [1.82, 2.24) is 10.3 Å². The molecule has 2 amide bonds. The molecular weight excluding hydrogens is 484 g/mol. The van der Waals surface area contributed by atoms with Gasteiger partial charge in [0.2, 0.25) is 11.3 Å². The minimum Gasteiger partial charge on any atom is -0.477 e. The van der Waals surface area contributed by atoms with Crippen LogP contribution < -0.4 is 21.8 Å². The maximum absolute atomic E-state index is 13.2. The van der Waals surface area contributed by atoms with Crippen LogP contribution in [0.1, 0.15) is 40.0 Å². The molecule has 0 spiro atoms. The Morgan fingerprint density at radius 3 is 2.32 bits per heavy atom. The fraction of sp³-hybridized carbons (Fsp3) is 0.172. The fourth-order valence-electron chi connectivity index (χ4n) is 4.13. The van der Waals surface area contributed by atoms with Crippen molar-refractivity contribution in [1.29, 1.82) is 0 Å². The first kappa shape index (κ1) is 26.3. The summed E-state index contributed by atoms with van der Waals surface area (Å²) in [6.45, 7) is 0.461. The molecule has 1 heterocycles. The van der Waals surface area contributed by atoms with Gasteiger partial charge in [-0.2, -0.15) is 0 Å². The van der Waals surface area contributed by atoms with Crippen molar-refractivity contribution in [3.63, 3.8) is 0 Å². The highest BCUT2D eigenvalue weighted by atomic mass is 16.4. The monoisotopic (exact) mass is 512 g/mol. The van der Waals surface area contributed by atoms with Gasteiger partial charge in [-0.1, -0.05) is 42.5 Å². The van der Waals surface area contributed by atoms with E-state index in [2.05, 4.69) is 15.6 Å². The molecule has 6 N–H and O–H groups in total. The van der Waals surface area contributed by atoms with E-state index in [9.17, 15) is 24.3 Å². The highest BCUT2D eigenvalue weighted by Gasteiger charge is 2.22. The normalized spacial score (nSPS) is 11.6. The first-order chi connectivity index (χ1) is 18.4. The van der Waals surface area contributed by atoms with Crippen molar-refractivity contribution < 1.29 is 19.5 Å². The number of nitrogens with two attached hydrogens (primary N) is 1. The molecule has 9 heteroatoms. The number of unbranched alkanes of at least 4 members (excludes halogenated alkanes) is 1. The number of aromatic amines is 1. The van der Waals surface area contributed by atoms with Gasteiger partial charge in [-0.05, 0) is 67.3 Å². The average Bonchev–Trinajstić information content (AvgIpc) is 2.93. The lowest BCUT2D eigenvalue weighted by atomic mass is 10.0. The highest BCUT2D eigenvalue weighted by molar-refractivity contribution is 6.02. The van der Waals surface area contributed by atoms with Crippen molar-refractivity contribution in [2.45, 2.75) is 25.3 Å². The largest absolute Gasteiger partial charge is 0.477 e. The van der Waals surface area contributed by atoms with Crippen LogP contribution in [0, 0.1) is 0 Å².